The van der Waals surface area contributed by atoms with E-state index in [-0.39, 0.29) is 23.8 Å². The molecule has 7 nitrogen and oxygen atoms in total. The third kappa shape index (κ3) is 3.69. The van der Waals surface area contributed by atoms with Gasteiger partial charge in [-0.1, -0.05) is 43.3 Å². The lowest BCUT2D eigenvalue weighted by Gasteiger charge is -2.08. The highest BCUT2D eigenvalue weighted by molar-refractivity contribution is 6.20. The first-order chi connectivity index (χ1) is 14.6. The van der Waals surface area contributed by atoms with Gasteiger partial charge in [0.15, 0.2) is 18.8 Å². The first kappa shape index (κ1) is 19.4. The molecule has 7 heteroatoms. The number of benzene rings is 2. The highest BCUT2D eigenvalue weighted by Gasteiger charge is 2.33. The third-order valence-corrected chi connectivity index (χ3v) is 4.91. The number of carbonyl (C=O) groups excluding carboxylic acids is 3. The number of nitrogens with one attached hydrogen (secondary N) is 2. The second-order valence-electron chi connectivity index (χ2n) is 6.80. The van der Waals surface area contributed by atoms with Crippen LogP contribution in [-0.4, -0.2) is 35.7 Å². The molecule has 0 fully saturated rings. The third-order valence-electron chi connectivity index (χ3n) is 4.91. The summed E-state index contributed by atoms with van der Waals surface area (Å²) in [5.41, 5.74) is 2.87. The number of para-hydroxylation sites is 2. The van der Waals surface area contributed by atoms with Crippen molar-refractivity contribution in [1.82, 2.24) is 4.98 Å². The number of aryl methyl sites for hydroxylation is 1. The maximum atomic E-state index is 12.6. The van der Waals surface area contributed by atoms with E-state index in [1.807, 2.05) is 43.3 Å². The van der Waals surface area contributed by atoms with Crippen LogP contribution in [0.5, 0.6) is 0 Å². The second-order valence-corrected chi connectivity index (χ2v) is 6.80. The van der Waals surface area contributed by atoms with Gasteiger partial charge in [0.25, 0.3) is 0 Å². The van der Waals surface area contributed by atoms with Gasteiger partial charge in [0, 0.05) is 28.4 Å². The van der Waals surface area contributed by atoms with E-state index in [1.54, 1.807) is 18.3 Å². The molecule has 0 radical (unpaired) electrons. The highest BCUT2D eigenvalue weighted by Crippen LogP contribution is 2.24. The molecule has 0 bridgehead atoms. The fraction of sp³-hybridized carbons (Fsp3) is 0.174. The number of rotatable bonds is 7. The summed E-state index contributed by atoms with van der Waals surface area (Å²) in [5, 5.41) is 3.68. The average Bonchev–Trinajstić information content (AvgIpc) is 3.36. The second kappa shape index (κ2) is 8.24. The molecule has 0 atom stereocenters. The van der Waals surface area contributed by atoms with Crippen molar-refractivity contribution < 1.29 is 23.9 Å². The van der Waals surface area contributed by atoms with Gasteiger partial charge in [-0.2, -0.15) is 0 Å². The van der Waals surface area contributed by atoms with Crippen LogP contribution in [0.1, 0.15) is 22.8 Å². The van der Waals surface area contributed by atoms with Crippen LogP contribution in [0.2, 0.25) is 0 Å². The van der Waals surface area contributed by atoms with E-state index in [4.69, 9.17) is 9.47 Å². The lowest BCUT2D eigenvalue weighted by molar-refractivity contribution is -0.139. The van der Waals surface area contributed by atoms with Crippen LogP contribution < -0.4 is 5.32 Å². The van der Waals surface area contributed by atoms with Gasteiger partial charge in [-0.3, -0.25) is 9.59 Å². The van der Waals surface area contributed by atoms with E-state index in [1.165, 1.54) is 0 Å². The molecule has 0 spiro atoms. The van der Waals surface area contributed by atoms with Crippen molar-refractivity contribution in [2.75, 3.05) is 18.5 Å². The molecular weight excluding hydrogens is 384 g/mol. The van der Waals surface area contributed by atoms with Crippen LogP contribution in [0.3, 0.4) is 0 Å². The lowest BCUT2D eigenvalue weighted by Crippen LogP contribution is -2.20. The zero-order valence-electron chi connectivity index (χ0n) is 16.4. The van der Waals surface area contributed by atoms with Gasteiger partial charge in [-0.15, -0.1) is 0 Å². The number of aromatic nitrogens is 1. The van der Waals surface area contributed by atoms with Crippen molar-refractivity contribution in [2.24, 2.45) is 0 Å². The molecule has 152 valence electrons. The number of hydrogen-bond donors (Lipinski definition) is 2. The van der Waals surface area contributed by atoms with Crippen molar-refractivity contribution in [2.45, 2.75) is 13.3 Å². The molecule has 1 aliphatic rings. The van der Waals surface area contributed by atoms with Crippen molar-refractivity contribution >= 4 is 34.1 Å². The van der Waals surface area contributed by atoms with Gasteiger partial charge in [0.1, 0.15) is 0 Å². The fourth-order valence-corrected chi connectivity index (χ4v) is 3.39. The van der Waals surface area contributed by atoms with Gasteiger partial charge in [0.2, 0.25) is 17.4 Å². The van der Waals surface area contributed by atoms with Crippen LogP contribution in [0.15, 0.2) is 66.2 Å². The van der Waals surface area contributed by atoms with Gasteiger partial charge in [-0.25, -0.2) is 4.79 Å². The van der Waals surface area contributed by atoms with Crippen molar-refractivity contribution in [3.05, 3.63) is 77.3 Å². The molecule has 0 saturated heterocycles. The van der Waals surface area contributed by atoms with E-state index in [0.717, 1.165) is 22.9 Å². The van der Waals surface area contributed by atoms with Crippen molar-refractivity contribution in [3.63, 3.8) is 0 Å². The summed E-state index contributed by atoms with van der Waals surface area (Å²) < 4.78 is 10.4. The Morgan fingerprint density at radius 2 is 1.93 bits per heavy atom. The number of aromatic amines is 1. The Morgan fingerprint density at radius 1 is 1.13 bits per heavy atom. The minimum Gasteiger partial charge on any atom is -0.470 e. The van der Waals surface area contributed by atoms with Crippen LogP contribution in [0.25, 0.3) is 10.9 Å². The topological polar surface area (TPSA) is 97.5 Å². The fourth-order valence-electron chi connectivity index (χ4n) is 3.39. The molecule has 2 aromatic carbocycles. The Labute approximate surface area is 172 Å². The molecule has 3 aromatic rings. The van der Waals surface area contributed by atoms with E-state index in [9.17, 15) is 14.4 Å². The van der Waals surface area contributed by atoms with E-state index in [2.05, 4.69) is 10.3 Å². The van der Waals surface area contributed by atoms with Crippen LogP contribution in [0.4, 0.5) is 5.69 Å². The van der Waals surface area contributed by atoms with Crippen molar-refractivity contribution in [1.29, 1.82) is 0 Å². The van der Waals surface area contributed by atoms with E-state index >= 15 is 0 Å². The first-order valence-corrected chi connectivity index (χ1v) is 9.60. The quantitative estimate of drug-likeness (QED) is 0.356. The average molecular weight is 404 g/mol. The Morgan fingerprint density at radius 3 is 2.70 bits per heavy atom. The number of fused-ring (bicyclic) bond motifs is 1. The largest absolute Gasteiger partial charge is 0.470 e. The molecule has 1 aromatic heterocycles. The monoisotopic (exact) mass is 404 g/mol. The number of Topliss-reactive ketones (excluding diaryl/α,β-unsaturated/α-hetero) is 2. The number of ketones is 2. The molecule has 30 heavy (non-hydrogen) atoms. The van der Waals surface area contributed by atoms with Crippen LogP contribution in [0, 0.1) is 0 Å². The molecule has 0 saturated carbocycles. The molecule has 2 N–H and O–H groups in total. The lowest BCUT2D eigenvalue weighted by atomic mass is 10.1. The minimum absolute atomic E-state index is 0.0309. The number of anilines is 1. The molecule has 2 heterocycles. The Bertz CT molecular complexity index is 1160. The summed E-state index contributed by atoms with van der Waals surface area (Å²) in [4.78, 5) is 40.4. The van der Waals surface area contributed by atoms with Crippen LogP contribution >= 0.6 is 0 Å². The summed E-state index contributed by atoms with van der Waals surface area (Å²) in [5.74, 6) is -1.71. The van der Waals surface area contributed by atoms with Gasteiger partial charge >= 0.3 is 5.97 Å². The molecular formula is C23H20N2O5. The summed E-state index contributed by atoms with van der Waals surface area (Å²) in [6.45, 7) is 1.31. The number of esters is 1. The number of hydrogen-bond acceptors (Lipinski definition) is 6. The SMILES string of the molecule is CCc1cccc2c(C(=O)COC(=O)C3=C(Nc4ccccc4)OCC3=O)c[nH]c12. The van der Waals surface area contributed by atoms with Gasteiger partial charge in [-0.05, 0) is 24.1 Å². The summed E-state index contributed by atoms with van der Waals surface area (Å²) in [6, 6.07) is 14.7. The van der Waals surface area contributed by atoms with E-state index < -0.39 is 18.4 Å². The van der Waals surface area contributed by atoms with E-state index in [0.29, 0.717) is 11.3 Å². The standard InChI is InChI=1S/C23H20N2O5/c1-2-14-7-6-10-16-17(11-24-21(14)16)18(26)12-30-23(28)20-19(27)13-29-22(20)25-15-8-4-3-5-9-15/h3-11,24-25H,2,12-13H2,1H3. The Balaban J connectivity index is 1.49. The van der Waals surface area contributed by atoms with Gasteiger partial charge in [0.05, 0.1) is 0 Å². The maximum Gasteiger partial charge on any atom is 0.347 e. The molecule has 1 aliphatic heterocycles. The number of carbonyl (C=O) groups is 3. The molecule has 0 unspecified atom stereocenters. The normalized spacial score (nSPS) is 13.4. The molecule has 0 aliphatic carbocycles. The maximum absolute atomic E-state index is 12.6. The van der Waals surface area contributed by atoms with Crippen LogP contribution in [-0.2, 0) is 25.5 Å². The predicted octanol–water partition coefficient (Wildman–Crippen LogP) is 3.38. The highest BCUT2D eigenvalue weighted by atomic mass is 16.5. The zero-order chi connectivity index (χ0) is 21.1. The van der Waals surface area contributed by atoms with Gasteiger partial charge < -0.3 is 19.8 Å². The molecule has 0 amide bonds. The number of H-pyrrole nitrogens is 1. The Hall–Kier alpha value is -3.87. The summed E-state index contributed by atoms with van der Waals surface area (Å²) >= 11 is 0. The zero-order valence-corrected chi connectivity index (χ0v) is 16.4. The Kier molecular flexibility index (Phi) is 5.34. The summed E-state index contributed by atoms with van der Waals surface area (Å²) in [7, 11) is 0. The minimum atomic E-state index is -0.890. The first-order valence-electron chi connectivity index (χ1n) is 9.60. The summed E-state index contributed by atoms with van der Waals surface area (Å²) in [6.07, 6.45) is 2.44. The number of ether oxygens (including phenoxy) is 2. The van der Waals surface area contributed by atoms with Crippen molar-refractivity contribution in [3.8, 4) is 0 Å². The molecule has 4 rings (SSSR count). The smallest absolute Gasteiger partial charge is 0.347 e. The predicted molar refractivity (Wildman–Crippen MR) is 111 cm³/mol.